The van der Waals surface area contributed by atoms with E-state index in [1.807, 2.05) is 0 Å². The first-order valence-corrected chi connectivity index (χ1v) is 9.38. The fourth-order valence-corrected chi connectivity index (χ4v) is 4.41. The summed E-state index contributed by atoms with van der Waals surface area (Å²) in [5, 5.41) is 3.86. The van der Waals surface area contributed by atoms with Crippen LogP contribution >= 0.6 is 0 Å². The van der Waals surface area contributed by atoms with Crippen LogP contribution < -0.4 is 5.32 Å². The van der Waals surface area contributed by atoms with Gasteiger partial charge in [-0.25, -0.2) is 0 Å². The molecule has 0 spiro atoms. The minimum absolute atomic E-state index is 0.620. The maximum absolute atomic E-state index is 3.86. The molecular formula is C19H39N. The van der Waals surface area contributed by atoms with Crippen molar-refractivity contribution >= 4 is 0 Å². The topological polar surface area (TPSA) is 12.0 Å². The Balaban J connectivity index is 2.51. The minimum atomic E-state index is 0.620. The van der Waals surface area contributed by atoms with Crippen molar-refractivity contribution in [1.82, 2.24) is 5.32 Å². The van der Waals surface area contributed by atoms with Crippen LogP contribution in [0.5, 0.6) is 0 Å². The highest BCUT2D eigenvalue weighted by atomic mass is 14.9. The lowest BCUT2D eigenvalue weighted by atomic mass is 9.71. The van der Waals surface area contributed by atoms with E-state index < -0.39 is 0 Å². The SMILES string of the molecule is CCCCCCCC(NCC)C1(CC(C)C)CCCC1. The van der Waals surface area contributed by atoms with Crippen molar-refractivity contribution in [1.29, 1.82) is 0 Å². The monoisotopic (exact) mass is 281 g/mol. The van der Waals surface area contributed by atoms with Gasteiger partial charge in [-0.3, -0.25) is 0 Å². The third-order valence-electron chi connectivity index (χ3n) is 5.20. The summed E-state index contributed by atoms with van der Waals surface area (Å²) in [5.74, 6) is 0.842. The van der Waals surface area contributed by atoms with Gasteiger partial charge in [-0.2, -0.15) is 0 Å². The van der Waals surface area contributed by atoms with Gasteiger partial charge in [0.05, 0.1) is 0 Å². The Hall–Kier alpha value is -0.0400. The molecule has 0 amide bonds. The standard InChI is InChI=1S/C19H39N/c1-5-7-8-9-10-13-18(20-6-2)19(16-17(3)4)14-11-12-15-19/h17-18,20H,5-16H2,1-4H3. The zero-order valence-electron chi connectivity index (χ0n) is 14.6. The summed E-state index contributed by atoms with van der Waals surface area (Å²) < 4.78 is 0. The summed E-state index contributed by atoms with van der Waals surface area (Å²) in [6.07, 6.45) is 15.8. The molecule has 20 heavy (non-hydrogen) atoms. The zero-order valence-corrected chi connectivity index (χ0v) is 14.6. The smallest absolute Gasteiger partial charge is 0.0123 e. The number of unbranched alkanes of at least 4 members (excludes halogenated alkanes) is 4. The number of hydrogen-bond acceptors (Lipinski definition) is 1. The molecule has 1 aliphatic carbocycles. The van der Waals surface area contributed by atoms with E-state index in [4.69, 9.17) is 0 Å². The average molecular weight is 282 g/mol. The predicted octanol–water partition coefficient (Wildman–Crippen LogP) is 5.93. The van der Waals surface area contributed by atoms with Crippen molar-refractivity contribution in [3.05, 3.63) is 0 Å². The van der Waals surface area contributed by atoms with Gasteiger partial charge in [0.25, 0.3) is 0 Å². The maximum Gasteiger partial charge on any atom is 0.0123 e. The quantitative estimate of drug-likeness (QED) is 0.463. The van der Waals surface area contributed by atoms with E-state index in [1.54, 1.807) is 0 Å². The molecular weight excluding hydrogens is 242 g/mol. The van der Waals surface area contributed by atoms with Crippen LogP contribution in [0.25, 0.3) is 0 Å². The van der Waals surface area contributed by atoms with Crippen LogP contribution in [0.15, 0.2) is 0 Å². The fourth-order valence-electron chi connectivity index (χ4n) is 4.41. The molecule has 0 aliphatic heterocycles. The minimum Gasteiger partial charge on any atom is -0.314 e. The molecule has 0 heterocycles. The largest absolute Gasteiger partial charge is 0.314 e. The summed E-state index contributed by atoms with van der Waals surface area (Å²) in [4.78, 5) is 0. The molecule has 0 bridgehead atoms. The molecule has 1 N–H and O–H groups in total. The summed E-state index contributed by atoms with van der Waals surface area (Å²) in [7, 11) is 0. The second-order valence-electron chi connectivity index (χ2n) is 7.48. The molecule has 0 aromatic heterocycles. The van der Waals surface area contributed by atoms with Gasteiger partial charge in [0, 0.05) is 6.04 Å². The first kappa shape index (κ1) is 18.0. The second kappa shape index (κ2) is 9.82. The Bertz CT molecular complexity index is 228. The van der Waals surface area contributed by atoms with Crippen LogP contribution in [-0.2, 0) is 0 Å². The van der Waals surface area contributed by atoms with Crippen molar-refractivity contribution < 1.29 is 0 Å². The average Bonchev–Trinajstić information content (AvgIpc) is 2.86. The van der Waals surface area contributed by atoms with E-state index in [0.29, 0.717) is 5.41 Å². The molecule has 0 aromatic rings. The van der Waals surface area contributed by atoms with Crippen LogP contribution in [0.1, 0.15) is 98.3 Å². The highest BCUT2D eigenvalue weighted by Crippen LogP contribution is 2.47. The lowest BCUT2D eigenvalue weighted by molar-refractivity contribution is 0.146. The van der Waals surface area contributed by atoms with E-state index in [-0.39, 0.29) is 0 Å². The van der Waals surface area contributed by atoms with Crippen LogP contribution in [0.2, 0.25) is 0 Å². The number of nitrogens with one attached hydrogen (secondary N) is 1. The first-order chi connectivity index (χ1) is 9.64. The van der Waals surface area contributed by atoms with Gasteiger partial charge in [0.15, 0.2) is 0 Å². The fraction of sp³-hybridized carbons (Fsp3) is 1.00. The molecule has 1 unspecified atom stereocenters. The van der Waals surface area contributed by atoms with E-state index in [2.05, 4.69) is 33.0 Å². The van der Waals surface area contributed by atoms with Crippen LogP contribution in [0, 0.1) is 11.3 Å². The van der Waals surface area contributed by atoms with Gasteiger partial charge in [-0.1, -0.05) is 72.6 Å². The van der Waals surface area contributed by atoms with Gasteiger partial charge in [0.2, 0.25) is 0 Å². The van der Waals surface area contributed by atoms with E-state index >= 15 is 0 Å². The second-order valence-corrected chi connectivity index (χ2v) is 7.48. The molecule has 0 aromatic carbocycles. The number of rotatable bonds is 11. The van der Waals surface area contributed by atoms with Crippen LogP contribution in [-0.4, -0.2) is 12.6 Å². The van der Waals surface area contributed by atoms with Gasteiger partial charge in [-0.05, 0) is 43.6 Å². The van der Waals surface area contributed by atoms with Crippen molar-refractivity contribution in [2.24, 2.45) is 11.3 Å². The van der Waals surface area contributed by atoms with E-state index in [0.717, 1.165) is 18.5 Å². The molecule has 120 valence electrons. The Morgan fingerprint density at radius 3 is 2.15 bits per heavy atom. The molecule has 1 rings (SSSR count). The predicted molar refractivity (Wildman–Crippen MR) is 91.2 cm³/mol. The van der Waals surface area contributed by atoms with Crippen molar-refractivity contribution in [2.75, 3.05) is 6.54 Å². The first-order valence-electron chi connectivity index (χ1n) is 9.38. The summed E-state index contributed by atoms with van der Waals surface area (Å²) >= 11 is 0. The van der Waals surface area contributed by atoms with Crippen LogP contribution in [0.3, 0.4) is 0 Å². The Labute approximate surface area is 128 Å². The summed E-state index contributed by atoms with van der Waals surface area (Å²) in [6.45, 7) is 10.5. The zero-order chi connectivity index (χ0) is 14.8. The third-order valence-corrected chi connectivity index (χ3v) is 5.20. The molecule has 0 saturated heterocycles. The van der Waals surface area contributed by atoms with Gasteiger partial charge >= 0.3 is 0 Å². The van der Waals surface area contributed by atoms with Crippen molar-refractivity contribution in [3.8, 4) is 0 Å². The van der Waals surface area contributed by atoms with Gasteiger partial charge in [-0.15, -0.1) is 0 Å². The lowest BCUT2D eigenvalue weighted by Crippen LogP contribution is -2.44. The molecule has 0 radical (unpaired) electrons. The molecule has 1 atom stereocenters. The van der Waals surface area contributed by atoms with Crippen molar-refractivity contribution in [2.45, 2.75) is 104 Å². The number of hydrogen-bond donors (Lipinski definition) is 1. The van der Waals surface area contributed by atoms with E-state index in [9.17, 15) is 0 Å². The normalized spacial score (nSPS) is 19.6. The molecule has 1 saturated carbocycles. The maximum atomic E-state index is 3.86. The van der Waals surface area contributed by atoms with Crippen LogP contribution in [0.4, 0.5) is 0 Å². The van der Waals surface area contributed by atoms with E-state index in [1.165, 1.54) is 70.6 Å². The highest BCUT2D eigenvalue weighted by Gasteiger charge is 2.40. The Kier molecular flexibility index (Phi) is 8.84. The Morgan fingerprint density at radius 1 is 0.950 bits per heavy atom. The third kappa shape index (κ3) is 5.76. The Morgan fingerprint density at radius 2 is 1.60 bits per heavy atom. The molecule has 1 aliphatic rings. The molecule has 1 fully saturated rings. The molecule has 1 heteroatoms. The highest BCUT2D eigenvalue weighted by molar-refractivity contribution is 4.95. The summed E-state index contributed by atoms with van der Waals surface area (Å²) in [6, 6.07) is 0.777. The van der Waals surface area contributed by atoms with Gasteiger partial charge in [0.1, 0.15) is 0 Å². The van der Waals surface area contributed by atoms with Gasteiger partial charge < -0.3 is 5.32 Å². The summed E-state index contributed by atoms with van der Waals surface area (Å²) in [5.41, 5.74) is 0.620. The van der Waals surface area contributed by atoms with Crippen molar-refractivity contribution in [3.63, 3.8) is 0 Å². The molecule has 1 nitrogen and oxygen atoms in total. The lowest BCUT2D eigenvalue weighted by Gasteiger charge is -2.40.